The SMILES string of the molecule is CCOP(C)(=O)c1cc(C(=O)OCc2ccccc2)cc(CN2CCN(Cc3cc(C(=O)OCc4ccccc4)cc(P(C)(C)=O)n3)CCN(Cc3cc(C)cc(P(C)(C)=O)n3)[C@@H](CCCCNC(=O)OC(C)(C)C)C2)n1. The van der Waals surface area contributed by atoms with Crippen molar-refractivity contribution in [2.75, 3.05) is 79.2 Å². The van der Waals surface area contributed by atoms with E-state index in [4.69, 9.17) is 33.7 Å². The van der Waals surface area contributed by atoms with Crippen molar-refractivity contribution in [3.05, 3.63) is 142 Å². The van der Waals surface area contributed by atoms with E-state index < -0.39 is 45.3 Å². The van der Waals surface area contributed by atoms with Crippen molar-refractivity contribution < 1.29 is 46.8 Å². The number of benzene rings is 2. The normalized spacial score (nSPS) is 16.1. The third-order valence-corrected chi connectivity index (χ3v) is 17.2. The van der Waals surface area contributed by atoms with E-state index in [-0.39, 0.29) is 49.0 Å². The zero-order chi connectivity index (χ0) is 56.0. The van der Waals surface area contributed by atoms with Crippen LogP contribution in [-0.4, -0.2) is 139 Å². The van der Waals surface area contributed by atoms with Crippen LogP contribution in [0.25, 0.3) is 0 Å². The Morgan fingerprint density at radius 1 is 0.636 bits per heavy atom. The number of carbonyl (C=O) groups excluding carboxylic acids is 3. The molecule has 1 amide bonds. The summed E-state index contributed by atoms with van der Waals surface area (Å²) < 4.78 is 64.1. The van der Waals surface area contributed by atoms with Crippen LogP contribution in [0, 0.1) is 6.92 Å². The van der Waals surface area contributed by atoms with Gasteiger partial charge in [0.2, 0.25) is 7.37 Å². The van der Waals surface area contributed by atoms with Gasteiger partial charge in [-0.3, -0.25) is 19.3 Å². The van der Waals surface area contributed by atoms with Crippen molar-refractivity contribution in [2.24, 2.45) is 0 Å². The molecular weight excluding hydrogens is 1040 g/mol. The minimum atomic E-state index is -3.49. The highest BCUT2D eigenvalue weighted by Gasteiger charge is 2.30. The molecule has 3 aromatic heterocycles. The summed E-state index contributed by atoms with van der Waals surface area (Å²) in [6.07, 6.45) is 1.65. The molecule has 1 unspecified atom stereocenters. The summed E-state index contributed by atoms with van der Waals surface area (Å²) in [6.45, 7) is 21.8. The van der Waals surface area contributed by atoms with Gasteiger partial charge in [0.1, 0.15) is 44.0 Å². The Kier molecular flexibility index (Phi) is 21.7. The molecule has 0 aliphatic carbocycles. The van der Waals surface area contributed by atoms with Crippen molar-refractivity contribution in [1.29, 1.82) is 0 Å². The fourth-order valence-corrected chi connectivity index (χ4v) is 11.9. The third kappa shape index (κ3) is 19.8. The van der Waals surface area contributed by atoms with Crippen LogP contribution in [0.3, 0.4) is 0 Å². The van der Waals surface area contributed by atoms with Crippen LogP contribution >= 0.6 is 21.7 Å². The van der Waals surface area contributed by atoms with E-state index in [0.29, 0.717) is 87.5 Å². The molecule has 0 radical (unpaired) electrons. The third-order valence-electron chi connectivity index (χ3n) is 12.7. The molecule has 5 aromatic rings. The minimum Gasteiger partial charge on any atom is -0.457 e. The quantitative estimate of drug-likeness (QED) is 0.0298. The van der Waals surface area contributed by atoms with Gasteiger partial charge < -0.3 is 33.2 Å². The Balaban J connectivity index is 1.38. The first kappa shape index (κ1) is 60.9. The summed E-state index contributed by atoms with van der Waals surface area (Å²) in [4.78, 5) is 61.9. The highest BCUT2D eigenvalue weighted by Crippen LogP contribution is 2.41. The van der Waals surface area contributed by atoms with Crippen LogP contribution in [0.2, 0.25) is 0 Å². The highest BCUT2D eigenvalue weighted by molar-refractivity contribution is 7.70. The molecule has 1 fully saturated rings. The summed E-state index contributed by atoms with van der Waals surface area (Å²) in [5.41, 5.74) is 5.28. The molecule has 1 aliphatic heterocycles. The zero-order valence-corrected chi connectivity index (χ0v) is 49.2. The number of nitrogens with zero attached hydrogens (tertiary/aromatic N) is 6. The maximum atomic E-state index is 14.1. The second-order valence-electron chi connectivity index (χ2n) is 21.6. The number of amides is 1. The van der Waals surface area contributed by atoms with Gasteiger partial charge in [-0.1, -0.05) is 67.1 Å². The Morgan fingerprint density at radius 3 is 1.68 bits per heavy atom. The maximum Gasteiger partial charge on any atom is 0.407 e. The van der Waals surface area contributed by atoms with E-state index in [1.54, 1.807) is 51.8 Å². The average molecular weight is 1110 g/mol. The molecule has 2 atom stereocenters. The smallest absolute Gasteiger partial charge is 0.407 e. The van der Waals surface area contributed by atoms with E-state index in [9.17, 15) is 28.1 Å². The summed E-state index contributed by atoms with van der Waals surface area (Å²) in [7, 11) is -9.17. The highest BCUT2D eigenvalue weighted by atomic mass is 31.2. The molecule has 1 N–H and O–H groups in total. The Morgan fingerprint density at radius 2 is 1.13 bits per heavy atom. The van der Waals surface area contributed by atoms with E-state index in [1.807, 2.05) is 100 Å². The summed E-state index contributed by atoms with van der Waals surface area (Å²) >= 11 is 0. The summed E-state index contributed by atoms with van der Waals surface area (Å²) in [5.74, 6) is -1.14. The van der Waals surface area contributed by atoms with Gasteiger partial charge in [0.25, 0.3) is 0 Å². The molecule has 17 nitrogen and oxygen atoms in total. The number of hydrogen-bond donors (Lipinski definition) is 1. The van der Waals surface area contributed by atoms with Crippen LogP contribution in [0.5, 0.6) is 0 Å². The number of rotatable bonds is 22. The van der Waals surface area contributed by atoms with E-state index in [0.717, 1.165) is 28.8 Å². The van der Waals surface area contributed by atoms with Gasteiger partial charge in [-0.2, -0.15) is 0 Å². The first-order valence-corrected chi connectivity index (χ1v) is 33.5. The van der Waals surface area contributed by atoms with Crippen molar-refractivity contribution in [1.82, 2.24) is 35.0 Å². The van der Waals surface area contributed by atoms with Gasteiger partial charge in [-0.15, -0.1) is 0 Å². The lowest BCUT2D eigenvalue weighted by atomic mass is 10.1. The van der Waals surface area contributed by atoms with E-state index in [2.05, 4.69) is 20.0 Å². The number of aromatic nitrogens is 3. The predicted molar refractivity (Wildman–Crippen MR) is 304 cm³/mol. The molecule has 0 bridgehead atoms. The second-order valence-corrected chi connectivity index (χ2v) is 30.3. The van der Waals surface area contributed by atoms with Gasteiger partial charge in [0, 0.05) is 71.6 Å². The maximum absolute atomic E-state index is 14.1. The van der Waals surface area contributed by atoms with Gasteiger partial charge >= 0.3 is 18.0 Å². The molecular formula is C57H78N7O10P3. The fourth-order valence-electron chi connectivity index (χ4n) is 8.84. The number of unbranched alkanes of at least 4 members (excludes halogenated alkanes) is 1. The number of carbonyl (C=O) groups is 3. The fraction of sp³-hybridized carbons (Fsp3) is 0.474. The van der Waals surface area contributed by atoms with Gasteiger partial charge in [-0.05, 0) is 127 Å². The molecule has 77 heavy (non-hydrogen) atoms. The molecule has 2 aromatic carbocycles. The molecule has 6 rings (SSSR count). The Labute approximate surface area is 455 Å². The van der Waals surface area contributed by atoms with Gasteiger partial charge in [-0.25, -0.2) is 29.3 Å². The van der Waals surface area contributed by atoms with E-state index >= 15 is 0 Å². The number of alkyl carbamates (subject to hydrolysis) is 1. The Bertz CT molecular complexity index is 2950. The topological polar surface area (TPSA) is 200 Å². The molecule has 0 saturated carbocycles. The molecule has 416 valence electrons. The van der Waals surface area contributed by atoms with Crippen molar-refractivity contribution >= 4 is 56.0 Å². The lowest BCUT2D eigenvalue weighted by molar-refractivity contribution is 0.0463. The average Bonchev–Trinajstić information content (AvgIpc) is 3.43. The number of esters is 2. The first-order valence-electron chi connectivity index (χ1n) is 26.2. The van der Waals surface area contributed by atoms with Crippen LogP contribution < -0.4 is 21.6 Å². The zero-order valence-electron chi connectivity index (χ0n) is 46.5. The van der Waals surface area contributed by atoms with Crippen molar-refractivity contribution in [3.63, 3.8) is 0 Å². The number of ether oxygens (including phenoxy) is 3. The summed E-state index contributed by atoms with van der Waals surface area (Å²) in [6, 6.07) is 29.1. The van der Waals surface area contributed by atoms with E-state index in [1.165, 1.54) is 12.7 Å². The number of pyridine rings is 3. The molecule has 4 heterocycles. The molecule has 0 spiro atoms. The largest absolute Gasteiger partial charge is 0.457 e. The van der Waals surface area contributed by atoms with Crippen LogP contribution in [0.4, 0.5) is 4.79 Å². The van der Waals surface area contributed by atoms with Gasteiger partial charge in [0.05, 0.1) is 40.3 Å². The summed E-state index contributed by atoms with van der Waals surface area (Å²) in [5, 5.41) is 2.89. The Hall–Kier alpha value is -5.37. The minimum absolute atomic E-state index is 0.0439. The lowest BCUT2D eigenvalue weighted by Gasteiger charge is -2.35. The monoisotopic (exact) mass is 1110 g/mol. The van der Waals surface area contributed by atoms with Gasteiger partial charge in [0.15, 0.2) is 0 Å². The lowest BCUT2D eigenvalue weighted by Crippen LogP contribution is -2.45. The molecule has 1 aliphatic rings. The molecule has 1 saturated heterocycles. The number of aryl methyl sites for hydroxylation is 1. The predicted octanol–water partition coefficient (Wildman–Crippen LogP) is 8.84. The van der Waals surface area contributed by atoms with Crippen LogP contribution in [0.15, 0.2) is 97.1 Å². The first-order chi connectivity index (χ1) is 36.3. The number of hydrogen-bond acceptors (Lipinski definition) is 16. The van der Waals surface area contributed by atoms with Crippen molar-refractivity contribution in [2.45, 2.75) is 98.4 Å². The molecule has 20 heteroatoms. The van der Waals surface area contributed by atoms with Crippen molar-refractivity contribution in [3.8, 4) is 0 Å². The standard InChI is InChI=1S/C57H78N7O10P3/c1-11-73-77(10,70)53-35-46(55(66)72-41-44-22-16-13-17-23-44)33-49(61-53)37-63-27-26-62(36-48-32-45(34-52(60-48)76(8,9)69)54(65)71-40-43-20-14-12-15-21-43)28-29-64(38-47-30-42(2)31-51(59-47)75(6,7)68)50(39-63)24-18-19-25-58-56(67)74-57(3,4)5/h12-17,20-23,30-35,50H,11,18-19,24-29,36-41H2,1-10H3,(H,58,67)/t50-,77?/m0/s1. The van der Waals surface area contributed by atoms with Crippen LogP contribution in [-0.2, 0) is 65.3 Å². The second kappa shape index (κ2) is 27.5. The number of nitrogens with one attached hydrogen (secondary N) is 1. The van der Waals surface area contributed by atoms with Crippen LogP contribution in [0.1, 0.15) is 101 Å².